The Bertz CT molecular complexity index is 1080. The molecule has 1 atom stereocenters. The van der Waals surface area contributed by atoms with Crippen LogP contribution in [0, 0.1) is 5.82 Å². The summed E-state index contributed by atoms with van der Waals surface area (Å²) in [5.41, 5.74) is 6.84. The van der Waals surface area contributed by atoms with Crippen molar-refractivity contribution in [3.05, 3.63) is 76.3 Å². The Labute approximate surface area is 188 Å². The fraction of sp³-hybridized carbons (Fsp3) is 0.227. The van der Waals surface area contributed by atoms with Gasteiger partial charge in [-0.2, -0.15) is 0 Å². The maximum absolute atomic E-state index is 14.5. The molecule has 1 aliphatic carbocycles. The molecule has 2 aromatic rings. The molecule has 162 valence electrons. The third-order valence-corrected chi connectivity index (χ3v) is 5.86. The van der Waals surface area contributed by atoms with Gasteiger partial charge in [0.05, 0.1) is 16.8 Å². The second kappa shape index (κ2) is 9.20. The molecule has 1 aromatic heterocycles. The van der Waals surface area contributed by atoms with Crippen molar-refractivity contribution in [2.45, 2.75) is 17.7 Å². The van der Waals surface area contributed by atoms with Crippen LogP contribution in [-0.2, 0) is 4.79 Å². The van der Waals surface area contributed by atoms with Gasteiger partial charge >= 0.3 is 0 Å². The number of carbonyl (C=O) groups excluding carboxylic acids is 1. The summed E-state index contributed by atoms with van der Waals surface area (Å²) in [6.07, 6.45) is 6.09. The molecule has 3 rings (SSSR count). The average Bonchev–Trinajstić information content (AvgIpc) is 3.49. The average molecular weight is 463 g/mol. The van der Waals surface area contributed by atoms with Gasteiger partial charge in [-0.1, -0.05) is 41.6 Å². The summed E-state index contributed by atoms with van der Waals surface area (Å²) in [4.78, 5) is 22.0. The summed E-state index contributed by atoms with van der Waals surface area (Å²) in [7, 11) is 3.32. The lowest BCUT2D eigenvalue weighted by Crippen LogP contribution is -2.36. The van der Waals surface area contributed by atoms with Crippen LogP contribution in [0.25, 0.3) is 11.9 Å². The number of nitrogens with two attached hydrogens (primary N) is 1. The van der Waals surface area contributed by atoms with E-state index >= 15 is 0 Å². The fourth-order valence-corrected chi connectivity index (χ4v) is 3.99. The minimum atomic E-state index is -0.825. The molecule has 0 saturated heterocycles. The number of halogens is 3. The van der Waals surface area contributed by atoms with E-state index in [9.17, 15) is 13.6 Å². The molecule has 0 bridgehead atoms. The van der Waals surface area contributed by atoms with Gasteiger partial charge in [0.25, 0.3) is 0 Å². The normalized spacial score (nSPS) is 16.2. The van der Waals surface area contributed by atoms with Crippen molar-refractivity contribution in [1.29, 1.82) is 0 Å². The molecule has 0 spiro atoms. The van der Waals surface area contributed by atoms with Crippen molar-refractivity contribution < 1.29 is 13.6 Å². The van der Waals surface area contributed by atoms with Crippen molar-refractivity contribution in [1.82, 2.24) is 9.88 Å². The van der Waals surface area contributed by atoms with Crippen molar-refractivity contribution in [2.24, 2.45) is 10.7 Å². The number of pyridine rings is 1. The van der Waals surface area contributed by atoms with E-state index in [4.69, 9.17) is 17.3 Å². The standard InChI is InChI=1S/C22H21ClF2N4OS/c1-13(28-21(26)31-22(8-9-22)20(30)29(2)3)16-10-14(4-6-17(16)24)11-18(25)19-7-5-15(23)12-27-19/h4-13H,1-3H3,(H2,26,28)/b18-11-. The first kappa shape index (κ1) is 23.0. The Kier molecular flexibility index (Phi) is 6.81. The lowest BCUT2D eigenvalue weighted by atomic mass is 10.0. The first-order chi connectivity index (χ1) is 14.6. The zero-order valence-corrected chi connectivity index (χ0v) is 18.7. The van der Waals surface area contributed by atoms with E-state index in [0.717, 1.165) is 11.8 Å². The number of nitrogens with zero attached hydrogens (tertiary/aromatic N) is 3. The number of carbonyl (C=O) groups is 1. The second-order valence-electron chi connectivity index (χ2n) is 7.21. The number of rotatable bonds is 6. The molecule has 1 aromatic carbocycles. The third-order valence-electron chi connectivity index (χ3n) is 4.54. The highest BCUT2D eigenvalue weighted by Gasteiger charge is 2.45. The largest absolute Gasteiger partial charge is 0.378 e. The maximum Gasteiger partial charge on any atom is 0.246 e. The van der Waals surface area contributed by atoms with Crippen LogP contribution in [0.5, 0.6) is 0 Å². The molecular weight excluding hydrogens is 442 g/mol. The Morgan fingerprint density at radius 2 is 2.03 bits per heavy atom. The minimum Gasteiger partial charge on any atom is -0.378 e. The number of hydrogen-bond donors (Lipinski definition) is 1. The lowest BCUT2D eigenvalue weighted by molar-refractivity contribution is -0.128. The molecule has 2 N–H and O–H groups in total. The quantitative estimate of drug-likeness (QED) is 0.378. The first-order valence-electron chi connectivity index (χ1n) is 9.34. The zero-order valence-electron chi connectivity index (χ0n) is 17.1. The van der Waals surface area contributed by atoms with Crippen LogP contribution in [0.15, 0.2) is 53.7 Å². The Hall–Kier alpha value is -2.71. The zero-order chi connectivity index (χ0) is 22.8. The van der Waals surface area contributed by atoms with E-state index in [1.54, 1.807) is 33.2 Å². The summed E-state index contributed by atoms with van der Waals surface area (Å²) >= 11 is 6.88. The van der Waals surface area contributed by atoms with Gasteiger partial charge in [0, 0.05) is 25.9 Å². The van der Waals surface area contributed by atoms with Crippen molar-refractivity contribution in [2.75, 3.05) is 14.1 Å². The molecule has 9 heteroatoms. The molecule has 1 amide bonds. The van der Waals surface area contributed by atoms with Gasteiger partial charge in [0.15, 0.2) is 5.17 Å². The van der Waals surface area contributed by atoms with Gasteiger partial charge < -0.3 is 10.6 Å². The molecule has 0 fully saturated rings. The predicted molar refractivity (Wildman–Crippen MR) is 123 cm³/mol. The first-order valence-corrected chi connectivity index (χ1v) is 10.5. The Morgan fingerprint density at radius 3 is 2.61 bits per heavy atom. The Balaban J connectivity index is 1.79. The summed E-state index contributed by atoms with van der Waals surface area (Å²) < 4.78 is 28.1. The van der Waals surface area contributed by atoms with Gasteiger partial charge in [-0.25, -0.2) is 8.78 Å². The van der Waals surface area contributed by atoms with Crippen LogP contribution in [0.1, 0.15) is 29.8 Å². The highest BCUT2D eigenvalue weighted by atomic mass is 35.5. The van der Waals surface area contributed by atoms with Crippen LogP contribution in [0.2, 0.25) is 5.02 Å². The van der Waals surface area contributed by atoms with Crippen molar-refractivity contribution in [3.63, 3.8) is 0 Å². The van der Waals surface area contributed by atoms with E-state index in [-0.39, 0.29) is 22.3 Å². The number of amidine groups is 1. The molecule has 31 heavy (non-hydrogen) atoms. The van der Waals surface area contributed by atoms with Crippen LogP contribution in [0.4, 0.5) is 8.78 Å². The van der Waals surface area contributed by atoms with Crippen LogP contribution in [0.3, 0.4) is 0 Å². The summed E-state index contributed by atoms with van der Waals surface area (Å²) in [5, 5.41) is 0.558. The van der Waals surface area contributed by atoms with Crippen LogP contribution < -0.4 is 5.73 Å². The van der Waals surface area contributed by atoms with E-state index < -0.39 is 22.4 Å². The molecule has 0 radical (unpaired) electrons. The van der Waals surface area contributed by atoms with Crippen LogP contribution >= 0.6 is 23.4 Å². The number of benzene rings is 1. The van der Waals surface area contributed by atoms with Crippen LogP contribution in [-0.4, -0.2) is 39.8 Å². The number of aliphatic imine (C=N–C) groups is 1. The Morgan fingerprint density at radius 1 is 1.32 bits per heavy atom. The monoisotopic (exact) mass is 462 g/mol. The summed E-state index contributed by atoms with van der Waals surface area (Å²) in [6, 6.07) is 6.57. The molecule has 1 heterocycles. The molecule has 5 nitrogen and oxygen atoms in total. The van der Waals surface area contributed by atoms with Gasteiger partial charge in [-0.3, -0.25) is 14.8 Å². The molecule has 0 saturated carbocycles. The molecular formula is C22H21ClF2N4OS. The van der Waals surface area contributed by atoms with E-state index in [1.807, 2.05) is 0 Å². The predicted octanol–water partition coefficient (Wildman–Crippen LogP) is 4.85. The molecule has 0 aliphatic heterocycles. The number of amides is 1. The molecule has 1 aliphatic rings. The lowest BCUT2D eigenvalue weighted by Gasteiger charge is -2.19. The van der Waals surface area contributed by atoms with E-state index in [0.29, 0.717) is 10.6 Å². The third kappa shape index (κ3) is 5.51. The SMILES string of the molecule is CC(N=C(N)SC1(C(=O)N(C)C)C=C1)c1cc(/C=C(\F)c2ccc(Cl)cn2)ccc1F. The fourth-order valence-electron chi connectivity index (χ4n) is 2.85. The smallest absolute Gasteiger partial charge is 0.246 e. The number of aromatic nitrogens is 1. The van der Waals surface area contributed by atoms with Gasteiger partial charge in [0.1, 0.15) is 16.4 Å². The van der Waals surface area contributed by atoms with Crippen molar-refractivity contribution in [3.8, 4) is 0 Å². The number of hydrogen-bond acceptors (Lipinski definition) is 4. The van der Waals surface area contributed by atoms with Crippen molar-refractivity contribution >= 4 is 46.3 Å². The highest BCUT2D eigenvalue weighted by Crippen LogP contribution is 2.41. The minimum absolute atomic E-state index is 0.118. The van der Waals surface area contributed by atoms with Gasteiger partial charge in [-0.15, -0.1) is 0 Å². The maximum atomic E-state index is 14.5. The van der Waals surface area contributed by atoms with E-state index in [1.165, 1.54) is 47.5 Å². The van der Waals surface area contributed by atoms with Gasteiger partial charge in [-0.05, 0) is 42.8 Å². The second-order valence-corrected chi connectivity index (χ2v) is 8.94. The summed E-state index contributed by atoms with van der Waals surface area (Å²) in [6.45, 7) is 1.68. The number of thioether (sulfide) groups is 1. The highest BCUT2D eigenvalue weighted by molar-refractivity contribution is 8.16. The van der Waals surface area contributed by atoms with Gasteiger partial charge in [0.2, 0.25) is 5.91 Å². The topological polar surface area (TPSA) is 71.6 Å². The summed E-state index contributed by atoms with van der Waals surface area (Å²) in [5.74, 6) is -1.18. The molecule has 1 unspecified atom stereocenters. The van der Waals surface area contributed by atoms with E-state index in [2.05, 4.69) is 9.98 Å².